The van der Waals surface area contributed by atoms with Gasteiger partial charge in [-0.3, -0.25) is 0 Å². The number of para-hydroxylation sites is 1. The maximum Gasteiger partial charge on any atom is 0.429 e. The molecule has 0 aromatic heterocycles. The average Bonchev–Trinajstić information content (AvgIpc) is 2.69. The Morgan fingerprint density at radius 3 is 2.50 bits per heavy atom. The number of nitrogens with two attached hydrogens (primary N) is 1. The van der Waals surface area contributed by atoms with Crippen LogP contribution in [-0.2, 0) is 0 Å². The minimum atomic E-state index is -0.464. The van der Waals surface area contributed by atoms with E-state index in [1.807, 2.05) is 30.3 Å². The van der Waals surface area contributed by atoms with Crippen LogP contribution in [0.2, 0.25) is 0 Å². The van der Waals surface area contributed by atoms with Crippen LogP contribution < -0.4 is 10.2 Å². The number of hydrogen-bond acceptors (Lipinski definition) is 2. The number of nitrogens with zero attached hydrogens (tertiary/aromatic N) is 2. The Kier molecular flexibility index (Phi) is 1.90. The lowest BCUT2D eigenvalue weighted by Crippen LogP contribution is -2.50. The quantitative estimate of drug-likeness (QED) is 0.668. The SMILES string of the molecule is NC(=O)[N+]1(c2ccccc2)C=CN=C1. The molecule has 1 aromatic rings. The summed E-state index contributed by atoms with van der Waals surface area (Å²) in [5, 5.41) is 0. The van der Waals surface area contributed by atoms with Gasteiger partial charge in [0.05, 0.1) is 6.20 Å². The molecule has 1 unspecified atom stereocenters. The van der Waals surface area contributed by atoms with E-state index in [2.05, 4.69) is 4.99 Å². The number of benzene rings is 1. The molecule has 0 saturated heterocycles. The fourth-order valence-electron chi connectivity index (χ4n) is 1.41. The second-order valence-corrected chi connectivity index (χ2v) is 3.01. The van der Waals surface area contributed by atoms with E-state index in [1.165, 1.54) is 6.34 Å². The van der Waals surface area contributed by atoms with Gasteiger partial charge in [0.15, 0.2) is 5.69 Å². The number of carbonyl (C=O) groups excluding carboxylic acids is 1. The number of rotatable bonds is 1. The third kappa shape index (κ3) is 1.13. The van der Waals surface area contributed by atoms with Crippen molar-refractivity contribution in [3.05, 3.63) is 42.7 Å². The molecule has 0 radical (unpaired) electrons. The second kappa shape index (κ2) is 3.08. The Morgan fingerprint density at radius 1 is 1.29 bits per heavy atom. The minimum Gasteiger partial charge on any atom is -0.318 e. The smallest absolute Gasteiger partial charge is 0.318 e. The summed E-state index contributed by atoms with van der Waals surface area (Å²) in [6.45, 7) is 0. The van der Waals surface area contributed by atoms with Crippen LogP contribution in [0, 0.1) is 0 Å². The summed E-state index contributed by atoms with van der Waals surface area (Å²) in [7, 11) is 0. The van der Waals surface area contributed by atoms with Crippen molar-refractivity contribution in [1.29, 1.82) is 0 Å². The fourth-order valence-corrected chi connectivity index (χ4v) is 1.41. The first kappa shape index (κ1) is 8.65. The molecule has 1 heterocycles. The summed E-state index contributed by atoms with van der Waals surface area (Å²) in [5.41, 5.74) is 6.14. The molecular weight excluding hydrogens is 178 g/mol. The van der Waals surface area contributed by atoms with Gasteiger partial charge in [0.2, 0.25) is 6.34 Å². The Bertz CT molecular complexity index is 397. The molecule has 1 aliphatic heterocycles. The molecular formula is C10H10N3O+. The normalized spacial score (nSPS) is 24.0. The molecule has 0 fully saturated rings. The first-order chi connectivity index (χ1) is 6.76. The van der Waals surface area contributed by atoms with Crippen LogP contribution >= 0.6 is 0 Å². The van der Waals surface area contributed by atoms with E-state index in [1.54, 1.807) is 12.4 Å². The van der Waals surface area contributed by atoms with Crippen molar-refractivity contribution in [3.8, 4) is 0 Å². The predicted octanol–water partition coefficient (Wildman–Crippen LogP) is 1.59. The van der Waals surface area contributed by atoms with Gasteiger partial charge in [0, 0.05) is 12.1 Å². The highest BCUT2D eigenvalue weighted by Gasteiger charge is 2.36. The summed E-state index contributed by atoms with van der Waals surface area (Å²) in [5.74, 6) is 0. The molecule has 1 atom stereocenters. The van der Waals surface area contributed by atoms with Crippen LogP contribution in [0.25, 0.3) is 0 Å². The minimum absolute atomic E-state index is 0.138. The molecule has 14 heavy (non-hydrogen) atoms. The number of amides is 2. The molecule has 4 nitrogen and oxygen atoms in total. The van der Waals surface area contributed by atoms with Crippen LogP contribution in [0.3, 0.4) is 0 Å². The van der Waals surface area contributed by atoms with E-state index in [0.717, 1.165) is 5.69 Å². The second-order valence-electron chi connectivity index (χ2n) is 3.01. The molecule has 2 N–H and O–H groups in total. The maximum absolute atomic E-state index is 11.4. The lowest BCUT2D eigenvalue weighted by Gasteiger charge is -2.20. The lowest BCUT2D eigenvalue weighted by atomic mass is 10.2. The number of primary amides is 1. The largest absolute Gasteiger partial charge is 0.429 e. The monoisotopic (exact) mass is 188 g/mol. The van der Waals surface area contributed by atoms with Crippen LogP contribution in [0.4, 0.5) is 10.5 Å². The van der Waals surface area contributed by atoms with Gasteiger partial charge >= 0.3 is 6.03 Å². The maximum atomic E-state index is 11.4. The van der Waals surface area contributed by atoms with Crippen molar-refractivity contribution >= 4 is 18.1 Å². The van der Waals surface area contributed by atoms with Crippen molar-refractivity contribution in [2.45, 2.75) is 0 Å². The molecule has 2 rings (SSSR count). The van der Waals surface area contributed by atoms with E-state index in [4.69, 9.17) is 5.73 Å². The highest BCUT2D eigenvalue weighted by Crippen LogP contribution is 2.24. The number of aliphatic imine (C=N–C) groups is 1. The summed E-state index contributed by atoms with van der Waals surface area (Å²) in [6.07, 6.45) is 4.73. The Balaban J connectivity index is 2.54. The van der Waals surface area contributed by atoms with E-state index >= 15 is 0 Å². The third-order valence-corrected chi connectivity index (χ3v) is 2.18. The number of urea groups is 1. The van der Waals surface area contributed by atoms with Crippen LogP contribution in [-0.4, -0.2) is 12.4 Å². The summed E-state index contributed by atoms with van der Waals surface area (Å²) in [4.78, 5) is 15.3. The predicted molar refractivity (Wildman–Crippen MR) is 55.5 cm³/mol. The van der Waals surface area contributed by atoms with Gasteiger partial charge in [-0.25, -0.2) is 9.79 Å². The topological polar surface area (TPSA) is 55.5 Å². The van der Waals surface area contributed by atoms with Crippen LogP contribution in [0.1, 0.15) is 0 Å². The summed E-state index contributed by atoms with van der Waals surface area (Å²) in [6, 6.07) is 8.82. The van der Waals surface area contributed by atoms with Gasteiger partial charge in [-0.2, -0.15) is 0 Å². The molecule has 70 valence electrons. The van der Waals surface area contributed by atoms with E-state index in [9.17, 15) is 4.79 Å². The van der Waals surface area contributed by atoms with Gasteiger partial charge in [0.1, 0.15) is 6.20 Å². The molecule has 0 saturated carbocycles. The average molecular weight is 188 g/mol. The standard InChI is InChI=1S/C10H9N3O/c11-10(14)13(7-6-12-8-13)9-4-2-1-3-5-9/h1-8H,(H-,11,14)/p+1. The van der Waals surface area contributed by atoms with Crippen LogP contribution in [0.15, 0.2) is 47.7 Å². The molecule has 4 heteroatoms. The zero-order valence-electron chi connectivity index (χ0n) is 7.50. The number of carbonyl (C=O) groups is 1. The highest BCUT2D eigenvalue weighted by molar-refractivity contribution is 6.03. The Morgan fingerprint density at radius 2 is 2.00 bits per heavy atom. The van der Waals surface area contributed by atoms with Crippen molar-refractivity contribution in [2.75, 3.05) is 0 Å². The third-order valence-electron chi connectivity index (χ3n) is 2.18. The Hall–Kier alpha value is -1.94. The summed E-state index contributed by atoms with van der Waals surface area (Å²) < 4.78 is -0.138. The summed E-state index contributed by atoms with van der Waals surface area (Å²) >= 11 is 0. The fraction of sp³-hybridized carbons (Fsp3) is 0. The first-order valence-corrected chi connectivity index (χ1v) is 4.22. The van der Waals surface area contributed by atoms with Crippen molar-refractivity contribution in [1.82, 2.24) is 4.48 Å². The first-order valence-electron chi connectivity index (χ1n) is 4.22. The molecule has 1 aromatic carbocycles. The van der Waals surface area contributed by atoms with Crippen molar-refractivity contribution in [2.24, 2.45) is 10.7 Å². The highest BCUT2D eigenvalue weighted by atomic mass is 16.2. The number of quaternary nitrogens is 1. The zero-order valence-corrected chi connectivity index (χ0v) is 7.50. The zero-order chi connectivity index (χ0) is 10.0. The van der Waals surface area contributed by atoms with E-state index in [-0.39, 0.29) is 4.48 Å². The van der Waals surface area contributed by atoms with Crippen molar-refractivity contribution in [3.63, 3.8) is 0 Å². The van der Waals surface area contributed by atoms with Gasteiger partial charge in [-0.05, 0) is 0 Å². The van der Waals surface area contributed by atoms with Gasteiger partial charge in [-0.1, -0.05) is 18.2 Å². The van der Waals surface area contributed by atoms with Crippen LogP contribution in [0.5, 0.6) is 0 Å². The molecule has 0 bridgehead atoms. The Labute approximate surface area is 81.6 Å². The number of hydrogen-bond donors (Lipinski definition) is 1. The van der Waals surface area contributed by atoms with Gasteiger partial charge < -0.3 is 5.73 Å². The molecule has 2 amide bonds. The van der Waals surface area contributed by atoms with Gasteiger partial charge in [-0.15, -0.1) is 4.48 Å². The van der Waals surface area contributed by atoms with Crippen molar-refractivity contribution < 1.29 is 4.79 Å². The molecule has 0 aliphatic carbocycles. The molecule has 0 spiro atoms. The lowest BCUT2D eigenvalue weighted by molar-refractivity contribution is 0.239. The van der Waals surface area contributed by atoms with Gasteiger partial charge in [0.25, 0.3) is 0 Å². The van der Waals surface area contributed by atoms with E-state index in [0.29, 0.717) is 0 Å². The molecule has 1 aliphatic rings. The van der Waals surface area contributed by atoms with E-state index < -0.39 is 6.03 Å².